The summed E-state index contributed by atoms with van der Waals surface area (Å²) in [6, 6.07) is 7.48. The summed E-state index contributed by atoms with van der Waals surface area (Å²) in [5.74, 6) is 0.351. The summed E-state index contributed by atoms with van der Waals surface area (Å²) in [5.41, 5.74) is 1.31. The van der Waals surface area contributed by atoms with Crippen LogP contribution in [-0.4, -0.2) is 10.4 Å². The van der Waals surface area contributed by atoms with Crippen LogP contribution in [0.5, 0.6) is 5.75 Å². The molecular weight excluding hydrogens is 228 g/mol. The van der Waals surface area contributed by atoms with Crippen molar-refractivity contribution in [1.82, 2.24) is 0 Å². The summed E-state index contributed by atoms with van der Waals surface area (Å²) >= 11 is 3.41. The summed E-state index contributed by atoms with van der Waals surface area (Å²) in [7, 11) is 0. The molecule has 1 aromatic rings. The molecule has 0 fully saturated rings. The second-order valence-corrected chi connectivity index (χ2v) is 3.96. The van der Waals surface area contributed by atoms with Gasteiger partial charge in [0.15, 0.2) is 0 Å². The molecule has 2 heteroatoms. The van der Waals surface area contributed by atoms with Crippen LogP contribution in [0.15, 0.2) is 24.3 Å². The van der Waals surface area contributed by atoms with Crippen LogP contribution < -0.4 is 0 Å². The van der Waals surface area contributed by atoms with Crippen LogP contribution in [0.2, 0.25) is 0 Å². The van der Waals surface area contributed by atoms with Gasteiger partial charge in [0, 0.05) is 5.33 Å². The van der Waals surface area contributed by atoms with Crippen molar-refractivity contribution in [3.05, 3.63) is 29.8 Å². The first-order chi connectivity index (χ1) is 6.33. The quantitative estimate of drug-likeness (QED) is 0.619. The zero-order valence-electron chi connectivity index (χ0n) is 7.67. The van der Waals surface area contributed by atoms with Crippen molar-refractivity contribution in [2.24, 2.45) is 0 Å². The molecule has 0 aromatic heterocycles. The second kappa shape index (κ2) is 6.03. The Kier molecular flexibility index (Phi) is 4.91. The number of unbranched alkanes of at least 4 members (excludes halogenated alkanes) is 2. The third kappa shape index (κ3) is 4.32. The van der Waals surface area contributed by atoms with Gasteiger partial charge in [-0.15, -0.1) is 0 Å². The van der Waals surface area contributed by atoms with E-state index in [0.29, 0.717) is 5.75 Å². The lowest BCUT2D eigenvalue weighted by Gasteiger charge is -2.00. The first-order valence-corrected chi connectivity index (χ1v) is 5.79. The molecule has 0 aliphatic carbocycles. The molecule has 0 unspecified atom stereocenters. The molecule has 0 atom stereocenters. The van der Waals surface area contributed by atoms with E-state index >= 15 is 0 Å². The predicted octanol–water partition coefficient (Wildman–Crippen LogP) is 3.50. The monoisotopic (exact) mass is 242 g/mol. The molecule has 0 amide bonds. The molecule has 0 heterocycles. The zero-order chi connectivity index (χ0) is 9.52. The number of hydrogen-bond donors (Lipinski definition) is 1. The number of halogens is 1. The van der Waals surface area contributed by atoms with E-state index in [1.54, 1.807) is 12.1 Å². The summed E-state index contributed by atoms with van der Waals surface area (Å²) in [6.07, 6.45) is 4.87. The van der Waals surface area contributed by atoms with Crippen molar-refractivity contribution in [2.75, 3.05) is 5.33 Å². The number of aryl methyl sites for hydroxylation is 1. The molecule has 1 rings (SSSR count). The Hall–Kier alpha value is -0.500. The summed E-state index contributed by atoms with van der Waals surface area (Å²) in [5, 5.41) is 10.2. The van der Waals surface area contributed by atoms with Gasteiger partial charge in [-0.25, -0.2) is 0 Å². The molecule has 0 saturated heterocycles. The molecule has 0 spiro atoms. The van der Waals surface area contributed by atoms with Crippen molar-refractivity contribution in [1.29, 1.82) is 0 Å². The maximum absolute atomic E-state index is 9.06. The van der Waals surface area contributed by atoms with Gasteiger partial charge in [0.05, 0.1) is 0 Å². The number of phenols is 1. The fourth-order valence-corrected chi connectivity index (χ4v) is 1.66. The molecular formula is C11H15BrO. The number of aromatic hydroxyl groups is 1. The molecule has 1 N–H and O–H groups in total. The van der Waals surface area contributed by atoms with Crippen LogP contribution in [0.1, 0.15) is 24.8 Å². The van der Waals surface area contributed by atoms with Crippen LogP contribution >= 0.6 is 15.9 Å². The largest absolute Gasteiger partial charge is 0.508 e. The fourth-order valence-electron chi connectivity index (χ4n) is 1.26. The molecule has 72 valence electrons. The number of benzene rings is 1. The van der Waals surface area contributed by atoms with Crippen LogP contribution in [-0.2, 0) is 6.42 Å². The zero-order valence-corrected chi connectivity index (χ0v) is 9.26. The maximum Gasteiger partial charge on any atom is 0.115 e. The molecule has 0 aliphatic rings. The Bertz CT molecular complexity index is 230. The first-order valence-electron chi connectivity index (χ1n) is 4.67. The molecule has 13 heavy (non-hydrogen) atoms. The van der Waals surface area contributed by atoms with E-state index in [0.717, 1.165) is 11.8 Å². The molecule has 1 aromatic carbocycles. The van der Waals surface area contributed by atoms with Crippen molar-refractivity contribution >= 4 is 15.9 Å². The van der Waals surface area contributed by atoms with E-state index < -0.39 is 0 Å². The highest BCUT2D eigenvalue weighted by Crippen LogP contribution is 2.12. The predicted molar refractivity (Wildman–Crippen MR) is 59.5 cm³/mol. The molecule has 0 radical (unpaired) electrons. The minimum absolute atomic E-state index is 0.351. The standard InChI is InChI=1S/C11H15BrO/c12-9-3-1-2-4-10-5-7-11(13)8-6-10/h5-8,13H,1-4,9H2. The van der Waals surface area contributed by atoms with Gasteiger partial charge in [0.1, 0.15) is 5.75 Å². The van der Waals surface area contributed by atoms with E-state index in [1.165, 1.54) is 24.8 Å². The van der Waals surface area contributed by atoms with Crippen molar-refractivity contribution in [3.8, 4) is 5.75 Å². The first kappa shape index (κ1) is 10.6. The molecule has 1 nitrogen and oxygen atoms in total. The van der Waals surface area contributed by atoms with E-state index in [-0.39, 0.29) is 0 Å². The van der Waals surface area contributed by atoms with E-state index in [2.05, 4.69) is 15.9 Å². The highest BCUT2D eigenvalue weighted by Gasteiger charge is 1.93. The Morgan fingerprint density at radius 1 is 1.00 bits per heavy atom. The summed E-state index contributed by atoms with van der Waals surface area (Å²) < 4.78 is 0. The van der Waals surface area contributed by atoms with Crippen molar-refractivity contribution < 1.29 is 5.11 Å². The average Bonchev–Trinajstić information content (AvgIpc) is 2.15. The SMILES string of the molecule is Oc1ccc(CCCCCBr)cc1. The smallest absolute Gasteiger partial charge is 0.115 e. The third-order valence-corrected chi connectivity index (χ3v) is 2.60. The highest BCUT2D eigenvalue weighted by molar-refractivity contribution is 9.09. The number of phenolic OH excluding ortho intramolecular Hbond substituents is 1. The highest BCUT2D eigenvalue weighted by atomic mass is 79.9. The molecule has 0 saturated carbocycles. The molecule has 0 aliphatic heterocycles. The Morgan fingerprint density at radius 3 is 2.31 bits per heavy atom. The summed E-state index contributed by atoms with van der Waals surface area (Å²) in [4.78, 5) is 0. The van der Waals surface area contributed by atoms with Gasteiger partial charge < -0.3 is 5.11 Å². The topological polar surface area (TPSA) is 20.2 Å². The second-order valence-electron chi connectivity index (χ2n) is 3.17. The lowest BCUT2D eigenvalue weighted by molar-refractivity contribution is 0.475. The number of hydrogen-bond acceptors (Lipinski definition) is 1. The Morgan fingerprint density at radius 2 is 1.69 bits per heavy atom. The van der Waals surface area contributed by atoms with Crippen LogP contribution in [0, 0.1) is 0 Å². The lowest BCUT2D eigenvalue weighted by Crippen LogP contribution is -1.85. The van der Waals surface area contributed by atoms with Gasteiger partial charge in [-0.05, 0) is 37.0 Å². The summed E-state index contributed by atoms with van der Waals surface area (Å²) in [6.45, 7) is 0. The van der Waals surface area contributed by atoms with E-state index in [1.807, 2.05) is 12.1 Å². The normalized spacial score (nSPS) is 10.2. The number of rotatable bonds is 5. The van der Waals surface area contributed by atoms with Crippen LogP contribution in [0.25, 0.3) is 0 Å². The van der Waals surface area contributed by atoms with Gasteiger partial charge in [0.2, 0.25) is 0 Å². The van der Waals surface area contributed by atoms with Crippen molar-refractivity contribution in [2.45, 2.75) is 25.7 Å². The van der Waals surface area contributed by atoms with Gasteiger partial charge >= 0.3 is 0 Å². The van der Waals surface area contributed by atoms with Gasteiger partial charge in [-0.3, -0.25) is 0 Å². The molecule has 0 bridgehead atoms. The van der Waals surface area contributed by atoms with Crippen LogP contribution in [0.4, 0.5) is 0 Å². The van der Waals surface area contributed by atoms with Gasteiger partial charge in [0.25, 0.3) is 0 Å². The third-order valence-electron chi connectivity index (χ3n) is 2.04. The fraction of sp³-hybridized carbons (Fsp3) is 0.455. The Balaban J connectivity index is 2.25. The van der Waals surface area contributed by atoms with E-state index in [4.69, 9.17) is 5.11 Å². The van der Waals surface area contributed by atoms with E-state index in [9.17, 15) is 0 Å². The van der Waals surface area contributed by atoms with Gasteiger partial charge in [-0.2, -0.15) is 0 Å². The van der Waals surface area contributed by atoms with Crippen LogP contribution in [0.3, 0.4) is 0 Å². The lowest BCUT2D eigenvalue weighted by atomic mass is 10.1. The number of alkyl halides is 1. The maximum atomic E-state index is 9.06. The minimum Gasteiger partial charge on any atom is -0.508 e. The van der Waals surface area contributed by atoms with Gasteiger partial charge in [-0.1, -0.05) is 34.5 Å². The average molecular weight is 243 g/mol. The van der Waals surface area contributed by atoms with Crippen molar-refractivity contribution in [3.63, 3.8) is 0 Å². The minimum atomic E-state index is 0.351. The Labute approximate surface area is 87.9 Å².